The van der Waals surface area contributed by atoms with Crippen LogP contribution >= 0.6 is 0 Å². The van der Waals surface area contributed by atoms with E-state index in [1.54, 1.807) is 18.1 Å². The van der Waals surface area contributed by atoms with Gasteiger partial charge in [0, 0.05) is 24.6 Å². The molecule has 0 N–H and O–H groups in total. The van der Waals surface area contributed by atoms with E-state index in [1.807, 2.05) is 31.2 Å². The Labute approximate surface area is 155 Å². The van der Waals surface area contributed by atoms with Crippen molar-refractivity contribution >= 4 is 11.6 Å². The van der Waals surface area contributed by atoms with E-state index in [0.717, 1.165) is 5.56 Å². The normalized spacial score (nSPS) is 16.8. The summed E-state index contributed by atoms with van der Waals surface area (Å²) in [6.45, 7) is 2.23. The Kier molecular flexibility index (Phi) is 4.35. The minimum absolute atomic E-state index is 0.0858. The first-order chi connectivity index (χ1) is 13.1. The number of carbonyl (C=O) groups excluding carboxylic acids is 1. The SMILES string of the molecule is COc1ccccc1-c1nc(C2CC(=O)N(c3cc(F)ccc3C)C2)no1. The molecule has 1 aliphatic heterocycles. The van der Waals surface area contributed by atoms with Crippen LogP contribution in [-0.2, 0) is 4.79 Å². The van der Waals surface area contributed by atoms with E-state index in [1.165, 1.54) is 12.1 Å². The number of anilines is 1. The standard InChI is InChI=1S/C20H18FN3O3/c1-12-7-8-14(21)10-16(12)24-11-13(9-18(24)25)19-22-20(27-23-19)15-5-3-4-6-17(15)26-2/h3-8,10,13H,9,11H2,1-2H3. The van der Waals surface area contributed by atoms with E-state index in [-0.39, 0.29) is 24.1 Å². The van der Waals surface area contributed by atoms with Crippen LogP contribution in [0.5, 0.6) is 5.75 Å². The second kappa shape index (κ2) is 6.83. The number of benzene rings is 2. The first-order valence-corrected chi connectivity index (χ1v) is 8.60. The molecule has 4 rings (SSSR count). The van der Waals surface area contributed by atoms with Gasteiger partial charge < -0.3 is 14.2 Å². The lowest BCUT2D eigenvalue weighted by Crippen LogP contribution is -2.25. The van der Waals surface area contributed by atoms with Crippen molar-refractivity contribution in [2.24, 2.45) is 0 Å². The monoisotopic (exact) mass is 367 g/mol. The van der Waals surface area contributed by atoms with Gasteiger partial charge in [0.15, 0.2) is 5.82 Å². The smallest absolute Gasteiger partial charge is 0.261 e. The maximum Gasteiger partial charge on any atom is 0.261 e. The number of halogens is 1. The van der Waals surface area contributed by atoms with Crippen molar-refractivity contribution < 1.29 is 18.4 Å². The van der Waals surface area contributed by atoms with Crippen molar-refractivity contribution in [2.45, 2.75) is 19.3 Å². The lowest BCUT2D eigenvalue weighted by molar-refractivity contribution is -0.117. The summed E-state index contributed by atoms with van der Waals surface area (Å²) in [5.74, 6) is 0.762. The van der Waals surface area contributed by atoms with Crippen LogP contribution in [0.1, 0.15) is 23.7 Å². The van der Waals surface area contributed by atoms with Crippen molar-refractivity contribution in [1.29, 1.82) is 0 Å². The summed E-state index contributed by atoms with van der Waals surface area (Å²) in [7, 11) is 1.57. The average molecular weight is 367 g/mol. The summed E-state index contributed by atoms with van der Waals surface area (Å²) in [4.78, 5) is 18.5. The lowest BCUT2D eigenvalue weighted by Gasteiger charge is -2.18. The van der Waals surface area contributed by atoms with Gasteiger partial charge in [-0.2, -0.15) is 4.98 Å². The Balaban J connectivity index is 1.60. The number of carbonyl (C=O) groups is 1. The van der Waals surface area contributed by atoms with Crippen LogP contribution in [0.15, 0.2) is 47.0 Å². The maximum atomic E-state index is 13.6. The molecule has 0 bridgehead atoms. The molecule has 2 heterocycles. The molecule has 1 fully saturated rings. The molecule has 0 aliphatic carbocycles. The van der Waals surface area contributed by atoms with Gasteiger partial charge in [0.2, 0.25) is 5.91 Å². The molecule has 27 heavy (non-hydrogen) atoms. The van der Waals surface area contributed by atoms with Gasteiger partial charge in [0.1, 0.15) is 11.6 Å². The zero-order valence-electron chi connectivity index (χ0n) is 15.0. The van der Waals surface area contributed by atoms with Gasteiger partial charge in [-0.05, 0) is 36.8 Å². The third kappa shape index (κ3) is 3.16. The Morgan fingerprint density at radius 3 is 2.89 bits per heavy atom. The Hall–Kier alpha value is -3.22. The van der Waals surface area contributed by atoms with Crippen molar-refractivity contribution in [3.8, 4) is 17.2 Å². The van der Waals surface area contributed by atoms with Crippen LogP contribution in [0.3, 0.4) is 0 Å². The highest BCUT2D eigenvalue weighted by atomic mass is 19.1. The minimum atomic E-state index is -0.370. The predicted molar refractivity (Wildman–Crippen MR) is 97.1 cm³/mol. The highest BCUT2D eigenvalue weighted by Gasteiger charge is 2.35. The molecule has 1 atom stereocenters. The van der Waals surface area contributed by atoms with E-state index in [2.05, 4.69) is 10.1 Å². The molecule has 1 amide bonds. The number of hydrogen-bond acceptors (Lipinski definition) is 5. The number of aromatic nitrogens is 2. The molecule has 7 heteroatoms. The number of amides is 1. The molecule has 1 aromatic heterocycles. The number of aryl methyl sites for hydroxylation is 1. The van der Waals surface area contributed by atoms with E-state index in [4.69, 9.17) is 9.26 Å². The quantitative estimate of drug-likeness (QED) is 0.703. The third-order valence-corrected chi connectivity index (χ3v) is 4.73. The molecular formula is C20H18FN3O3. The Morgan fingerprint density at radius 1 is 1.26 bits per heavy atom. The van der Waals surface area contributed by atoms with Crippen LogP contribution < -0.4 is 9.64 Å². The van der Waals surface area contributed by atoms with Gasteiger partial charge in [-0.1, -0.05) is 23.4 Å². The first-order valence-electron chi connectivity index (χ1n) is 8.60. The average Bonchev–Trinajstić information content (AvgIpc) is 3.30. The highest BCUT2D eigenvalue weighted by Crippen LogP contribution is 2.34. The Morgan fingerprint density at radius 2 is 2.07 bits per heavy atom. The fourth-order valence-corrected chi connectivity index (χ4v) is 3.32. The molecule has 1 aliphatic rings. The summed E-state index contributed by atoms with van der Waals surface area (Å²) < 4.78 is 24.3. The van der Waals surface area contributed by atoms with Gasteiger partial charge in [-0.3, -0.25) is 4.79 Å². The summed E-state index contributed by atoms with van der Waals surface area (Å²) in [6.07, 6.45) is 0.251. The number of nitrogens with zero attached hydrogens (tertiary/aromatic N) is 3. The molecule has 0 spiro atoms. The van der Waals surface area contributed by atoms with Crippen molar-refractivity contribution in [2.75, 3.05) is 18.6 Å². The van der Waals surface area contributed by atoms with Crippen LogP contribution in [-0.4, -0.2) is 29.7 Å². The molecule has 138 valence electrons. The van der Waals surface area contributed by atoms with Crippen molar-refractivity contribution in [3.05, 3.63) is 59.7 Å². The van der Waals surface area contributed by atoms with E-state index in [9.17, 15) is 9.18 Å². The zero-order chi connectivity index (χ0) is 19.0. The number of para-hydroxylation sites is 1. The molecule has 3 aromatic rings. The fraction of sp³-hybridized carbons (Fsp3) is 0.250. The largest absolute Gasteiger partial charge is 0.496 e. The summed E-state index contributed by atoms with van der Waals surface area (Å²) >= 11 is 0. The number of hydrogen-bond donors (Lipinski definition) is 0. The summed E-state index contributed by atoms with van der Waals surface area (Å²) in [5, 5.41) is 4.06. The van der Waals surface area contributed by atoms with Crippen molar-refractivity contribution in [1.82, 2.24) is 10.1 Å². The maximum absolute atomic E-state index is 13.6. The second-order valence-electron chi connectivity index (χ2n) is 6.49. The molecule has 0 radical (unpaired) electrons. The van der Waals surface area contributed by atoms with E-state index >= 15 is 0 Å². The summed E-state index contributed by atoms with van der Waals surface area (Å²) in [6, 6.07) is 11.8. The number of ether oxygens (including phenoxy) is 1. The molecule has 1 saturated heterocycles. The number of methoxy groups -OCH3 is 1. The third-order valence-electron chi connectivity index (χ3n) is 4.73. The second-order valence-corrected chi connectivity index (χ2v) is 6.49. The van der Waals surface area contributed by atoms with Gasteiger partial charge in [-0.25, -0.2) is 4.39 Å². The molecular weight excluding hydrogens is 349 g/mol. The van der Waals surface area contributed by atoms with E-state index < -0.39 is 0 Å². The fourth-order valence-electron chi connectivity index (χ4n) is 3.32. The van der Waals surface area contributed by atoms with Crippen LogP contribution in [0.2, 0.25) is 0 Å². The highest BCUT2D eigenvalue weighted by molar-refractivity contribution is 5.97. The van der Waals surface area contributed by atoms with Crippen molar-refractivity contribution in [3.63, 3.8) is 0 Å². The molecule has 6 nitrogen and oxygen atoms in total. The Bertz CT molecular complexity index is 1000. The summed E-state index contributed by atoms with van der Waals surface area (Å²) in [5.41, 5.74) is 2.12. The van der Waals surface area contributed by atoms with Gasteiger partial charge in [0.25, 0.3) is 5.89 Å². The van der Waals surface area contributed by atoms with Gasteiger partial charge in [-0.15, -0.1) is 0 Å². The molecule has 2 aromatic carbocycles. The van der Waals surface area contributed by atoms with Gasteiger partial charge in [0.05, 0.1) is 12.7 Å². The molecule has 0 saturated carbocycles. The predicted octanol–water partition coefficient (Wildman–Crippen LogP) is 3.71. The minimum Gasteiger partial charge on any atom is -0.496 e. The van der Waals surface area contributed by atoms with Crippen LogP contribution in [0.4, 0.5) is 10.1 Å². The van der Waals surface area contributed by atoms with Gasteiger partial charge >= 0.3 is 0 Å². The lowest BCUT2D eigenvalue weighted by atomic mass is 10.1. The van der Waals surface area contributed by atoms with E-state index in [0.29, 0.717) is 35.3 Å². The topological polar surface area (TPSA) is 68.5 Å². The first kappa shape index (κ1) is 17.2. The van der Waals surface area contributed by atoms with Crippen LogP contribution in [0.25, 0.3) is 11.5 Å². The molecule has 1 unspecified atom stereocenters. The number of rotatable bonds is 4. The zero-order valence-corrected chi connectivity index (χ0v) is 15.0. The van der Waals surface area contributed by atoms with Crippen LogP contribution in [0, 0.1) is 12.7 Å².